The largest absolute Gasteiger partial charge is 0.435 e. The van der Waals surface area contributed by atoms with Crippen LogP contribution in [0.5, 0.6) is 5.75 Å². The quantitative estimate of drug-likeness (QED) is 0.677. The maximum atomic E-state index is 12.6. The molecule has 2 aromatic carbocycles. The molecule has 0 aliphatic rings. The van der Waals surface area contributed by atoms with Gasteiger partial charge in [0, 0.05) is 10.7 Å². The fourth-order valence-electron chi connectivity index (χ4n) is 2.53. The van der Waals surface area contributed by atoms with Gasteiger partial charge in [0.1, 0.15) is 5.75 Å². The molecule has 1 aromatic heterocycles. The van der Waals surface area contributed by atoms with Crippen LogP contribution in [0.1, 0.15) is 23.1 Å². The van der Waals surface area contributed by atoms with Crippen molar-refractivity contribution in [3.63, 3.8) is 0 Å². The summed E-state index contributed by atoms with van der Waals surface area (Å²) in [4.78, 5) is 12.6. The van der Waals surface area contributed by atoms with Crippen molar-refractivity contribution in [2.75, 3.05) is 5.32 Å². The van der Waals surface area contributed by atoms with Crippen LogP contribution in [0.4, 0.5) is 14.5 Å². The number of alkyl halides is 2. The summed E-state index contributed by atoms with van der Waals surface area (Å²) in [6.45, 7) is -1.03. The Kier molecular flexibility index (Phi) is 5.66. The van der Waals surface area contributed by atoms with Gasteiger partial charge in [-0.2, -0.15) is 8.78 Å². The summed E-state index contributed by atoms with van der Waals surface area (Å²) in [5.41, 5.74) is 1.86. The first-order valence-corrected chi connectivity index (χ1v) is 8.42. The van der Waals surface area contributed by atoms with Gasteiger partial charge in [0.15, 0.2) is 5.69 Å². The minimum absolute atomic E-state index is 0.0332. The third-order valence-corrected chi connectivity index (χ3v) is 3.94. The third-order valence-electron chi connectivity index (χ3n) is 3.70. The minimum Gasteiger partial charge on any atom is -0.435 e. The van der Waals surface area contributed by atoms with Crippen molar-refractivity contribution < 1.29 is 18.3 Å². The molecule has 0 fully saturated rings. The maximum absolute atomic E-state index is 12.6. The number of ether oxygens (including phenoxy) is 1. The van der Waals surface area contributed by atoms with Crippen molar-refractivity contribution in [1.82, 2.24) is 15.0 Å². The molecule has 0 unspecified atom stereocenters. The van der Waals surface area contributed by atoms with Gasteiger partial charge in [0.2, 0.25) is 0 Å². The molecule has 6 nitrogen and oxygen atoms in total. The highest BCUT2D eigenvalue weighted by molar-refractivity contribution is 6.30. The Labute approximate surface area is 158 Å². The van der Waals surface area contributed by atoms with Gasteiger partial charge < -0.3 is 10.1 Å². The van der Waals surface area contributed by atoms with E-state index in [1.165, 1.54) is 16.8 Å². The van der Waals surface area contributed by atoms with Gasteiger partial charge in [0.05, 0.1) is 11.4 Å². The molecule has 0 bridgehead atoms. The number of rotatable bonds is 6. The van der Waals surface area contributed by atoms with Crippen LogP contribution in [-0.2, 0) is 6.42 Å². The van der Waals surface area contributed by atoms with Crippen LogP contribution in [-0.4, -0.2) is 27.5 Å². The maximum Gasteiger partial charge on any atom is 0.387 e. The topological polar surface area (TPSA) is 69.0 Å². The van der Waals surface area contributed by atoms with E-state index in [0.717, 1.165) is 0 Å². The van der Waals surface area contributed by atoms with E-state index >= 15 is 0 Å². The van der Waals surface area contributed by atoms with Crippen molar-refractivity contribution in [3.8, 4) is 11.4 Å². The van der Waals surface area contributed by atoms with Gasteiger partial charge in [-0.3, -0.25) is 4.79 Å². The molecule has 0 aliphatic heterocycles. The smallest absolute Gasteiger partial charge is 0.387 e. The van der Waals surface area contributed by atoms with Crippen molar-refractivity contribution in [1.29, 1.82) is 0 Å². The third kappa shape index (κ3) is 4.40. The zero-order valence-corrected chi connectivity index (χ0v) is 15.0. The number of benzene rings is 2. The Morgan fingerprint density at radius 2 is 2.00 bits per heavy atom. The molecule has 0 atom stereocenters. The SMILES string of the molecule is CCc1c(C(=O)Nc2cccc(Cl)c2)nnn1-c1ccc(OC(F)F)cc1. The van der Waals surface area contributed by atoms with E-state index in [-0.39, 0.29) is 11.4 Å². The molecule has 1 amide bonds. The second-order valence-corrected chi connectivity index (χ2v) is 5.92. The van der Waals surface area contributed by atoms with Crippen molar-refractivity contribution >= 4 is 23.2 Å². The lowest BCUT2D eigenvalue weighted by molar-refractivity contribution is -0.0498. The Hall–Kier alpha value is -3.00. The molecular weight excluding hydrogens is 378 g/mol. The van der Waals surface area contributed by atoms with E-state index in [9.17, 15) is 13.6 Å². The molecule has 1 heterocycles. The van der Waals surface area contributed by atoms with Crippen molar-refractivity contribution in [3.05, 3.63) is 64.9 Å². The highest BCUT2D eigenvalue weighted by Gasteiger charge is 2.19. The Balaban J connectivity index is 1.85. The summed E-state index contributed by atoms with van der Waals surface area (Å²) < 4.78 is 30.3. The van der Waals surface area contributed by atoms with Crippen LogP contribution in [0.25, 0.3) is 5.69 Å². The lowest BCUT2D eigenvalue weighted by Crippen LogP contribution is -2.15. The van der Waals surface area contributed by atoms with Crippen molar-refractivity contribution in [2.24, 2.45) is 0 Å². The number of carbonyl (C=O) groups is 1. The molecule has 0 aliphatic carbocycles. The van der Waals surface area contributed by atoms with Gasteiger partial charge in [0.25, 0.3) is 5.91 Å². The van der Waals surface area contributed by atoms with Crippen LogP contribution >= 0.6 is 11.6 Å². The standard InChI is InChI=1S/C18H15ClF2N4O2/c1-2-15-16(17(26)22-12-5-3-4-11(19)10-12)23-24-25(15)13-6-8-14(9-7-13)27-18(20)21/h3-10,18H,2H2,1H3,(H,22,26). The molecule has 0 radical (unpaired) electrons. The lowest BCUT2D eigenvalue weighted by atomic mass is 10.2. The molecule has 140 valence electrons. The first-order chi connectivity index (χ1) is 13.0. The van der Waals surface area contributed by atoms with E-state index in [1.54, 1.807) is 36.4 Å². The van der Waals surface area contributed by atoms with E-state index in [1.807, 2.05) is 6.92 Å². The van der Waals surface area contributed by atoms with Gasteiger partial charge in [-0.15, -0.1) is 5.10 Å². The second kappa shape index (κ2) is 8.13. The first-order valence-electron chi connectivity index (χ1n) is 8.04. The van der Waals surface area contributed by atoms with Crippen molar-refractivity contribution in [2.45, 2.75) is 20.0 Å². The molecule has 0 saturated heterocycles. The molecular formula is C18H15ClF2N4O2. The molecule has 0 saturated carbocycles. The number of hydrogen-bond donors (Lipinski definition) is 1. The number of hydrogen-bond acceptors (Lipinski definition) is 4. The number of nitrogens with zero attached hydrogens (tertiary/aromatic N) is 3. The highest BCUT2D eigenvalue weighted by Crippen LogP contribution is 2.20. The van der Waals surface area contributed by atoms with Crippen LogP contribution in [0.3, 0.4) is 0 Å². The fraction of sp³-hybridized carbons (Fsp3) is 0.167. The molecule has 27 heavy (non-hydrogen) atoms. The highest BCUT2D eigenvalue weighted by atomic mass is 35.5. The number of amides is 1. The van der Waals surface area contributed by atoms with Gasteiger partial charge in [-0.05, 0) is 48.9 Å². The summed E-state index contributed by atoms with van der Waals surface area (Å²) in [7, 11) is 0. The number of carbonyl (C=O) groups excluding carboxylic acids is 1. The average molecular weight is 393 g/mol. The normalized spacial score (nSPS) is 10.9. The van der Waals surface area contributed by atoms with Gasteiger partial charge >= 0.3 is 6.61 Å². The number of halogens is 3. The number of anilines is 1. The Morgan fingerprint density at radius 3 is 2.63 bits per heavy atom. The summed E-state index contributed by atoms with van der Waals surface area (Å²) in [6.07, 6.45) is 0.487. The average Bonchev–Trinajstić information content (AvgIpc) is 3.06. The molecule has 3 rings (SSSR count). The van der Waals surface area contributed by atoms with Crippen LogP contribution in [0, 0.1) is 0 Å². The monoisotopic (exact) mass is 392 g/mol. The van der Waals surface area contributed by atoms with E-state index < -0.39 is 12.5 Å². The predicted molar refractivity (Wildman–Crippen MR) is 96.8 cm³/mol. The Bertz CT molecular complexity index is 945. The molecule has 0 spiro atoms. The summed E-state index contributed by atoms with van der Waals surface area (Å²) in [5, 5.41) is 11.2. The van der Waals surface area contributed by atoms with Crippen LogP contribution < -0.4 is 10.1 Å². The van der Waals surface area contributed by atoms with Crippen LogP contribution in [0.2, 0.25) is 5.02 Å². The minimum atomic E-state index is -2.89. The second-order valence-electron chi connectivity index (χ2n) is 5.49. The number of aromatic nitrogens is 3. The zero-order valence-electron chi connectivity index (χ0n) is 14.2. The molecule has 9 heteroatoms. The van der Waals surface area contributed by atoms with E-state index in [4.69, 9.17) is 11.6 Å². The van der Waals surface area contributed by atoms with E-state index in [2.05, 4.69) is 20.4 Å². The van der Waals surface area contributed by atoms with Gasteiger partial charge in [-0.1, -0.05) is 29.8 Å². The zero-order chi connectivity index (χ0) is 19.4. The van der Waals surface area contributed by atoms with Gasteiger partial charge in [-0.25, -0.2) is 4.68 Å². The summed E-state index contributed by atoms with van der Waals surface area (Å²) >= 11 is 5.92. The summed E-state index contributed by atoms with van der Waals surface area (Å²) in [6, 6.07) is 12.7. The Morgan fingerprint density at radius 1 is 1.26 bits per heavy atom. The first kappa shape index (κ1) is 18.8. The fourth-order valence-corrected chi connectivity index (χ4v) is 2.72. The van der Waals surface area contributed by atoms with E-state index in [0.29, 0.717) is 28.5 Å². The van der Waals surface area contributed by atoms with Crippen LogP contribution in [0.15, 0.2) is 48.5 Å². The number of nitrogens with one attached hydrogen (secondary N) is 1. The lowest BCUT2D eigenvalue weighted by Gasteiger charge is -2.08. The summed E-state index contributed by atoms with van der Waals surface area (Å²) in [5.74, 6) is -0.385. The molecule has 1 N–H and O–H groups in total. The predicted octanol–water partition coefficient (Wildman–Crippen LogP) is 4.34. The molecule has 3 aromatic rings.